The van der Waals surface area contributed by atoms with Gasteiger partial charge in [0.2, 0.25) is 0 Å². The van der Waals surface area contributed by atoms with E-state index in [4.69, 9.17) is 14.2 Å². The zero-order chi connectivity index (χ0) is 8.27. The fraction of sp³-hybridized carbons (Fsp3) is 0.857. The smallest absolute Gasteiger partial charge is 0.189 e. The van der Waals surface area contributed by atoms with Crippen LogP contribution in [0.25, 0.3) is 0 Å². The van der Waals surface area contributed by atoms with Crippen LogP contribution in [-0.2, 0) is 19.0 Å². The normalized spacial score (nSPS) is 27.5. The lowest BCUT2D eigenvalue weighted by Crippen LogP contribution is -2.27. The number of hydrogen-bond donors (Lipinski definition) is 0. The molecule has 0 saturated carbocycles. The fourth-order valence-corrected chi connectivity index (χ4v) is 0.855. The third kappa shape index (κ3) is 2.25. The van der Waals surface area contributed by atoms with Gasteiger partial charge in [-0.15, -0.1) is 0 Å². The maximum absolute atomic E-state index is 10.9. The highest BCUT2D eigenvalue weighted by atomic mass is 16.7. The molecule has 1 rings (SSSR count). The first kappa shape index (κ1) is 8.64. The van der Waals surface area contributed by atoms with E-state index < -0.39 is 6.10 Å². The van der Waals surface area contributed by atoms with Crippen molar-refractivity contribution in [1.82, 2.24) is 0 Å². The monoisotopic (exact) mass is 160 g/mol. The number of carbonyl (C=O) groups excluding carboxylic acids is 1. The lowest BCUT2D eigenvalue weighted by atomic mass is 10.3. The Balaban J connectivity index is 2.30. The minimum Gasteiger partial charge on any atom is -0.370 e. The van der Waals surface area contributed by atoms with Crippen molar-refractivity contribution in [3.8, 4) is 0 Å². The molecular weight excluding hydrogens is 148 g/mol. The van der Waals surface area contributed by atoms with E-state index in [1.165, 1.54) is 7.11 Å². The third-order valence-electron chi connectivity index (χ3n) is 1.56. The van der Waals surface area contributed by atoms with Crippen LogP contribution in [0.4, 0.5) is 0 Å². The van der Waals surface area contributed by atoms with E-state index in [1.807, 2.05) is 0 Å². The third-order valence-corrected chi connectivity index (χ3v) is 1.56. The SMILES string of the molecule is COC(C)OC1COCC1=O. The van der Waals surface area contributed by atoms with Gasteiger partial charge in [0.1, 0.15) is 12.7 Å². The number of ketones is 1. The Labute approximate surface area is 65.4 Å². The average Bonchev–Trinajstić information content (AvgIpc) is 2.37. The summed E-state index contributed by atoms with van der Waals surface area (Å²) in [5.41, 5.74) is 0. The Bertz CT molecular complexity index is 145. The summed E-state index contributed by atoms with van der Waals surface area (Å²) in [7, 11) is 1.53. The van der Waals surface area contributed by atoms with Crippen LogP contribution in [0.5, 0.6) is 0 Å². The molecule has 0 aliphatic carbocycles. The molecule has 0 aromatic heterocycles. The Hall–Kier alpha value is -0.450. The number of carbonyl (C=O) groups is 1. The summed E-state index contributed by atoms with van der Waals surface area (Å²) in [4.78, 5) is 10.9. The number of Topliss-reactive ketones (excluding diaryl/α,β-unsaturated/α-hetero) is 1. The highest BCUT2D eigenvalue weighted by Gasteiger charge is 2.27. The molecule has 0 radical (unpaired) electrons. The maximum atomic E-state index is 10.9. The number of hydrogen-bond acceptors (Lipinski definition) is 4. The summed E-state index contributed by atoms with van der Waals surface area (Å²) < 4.78 is 14.9. The van der Waals surface area contributed by atoms with Gasteiger partial charge in [-0.05, 0) is 6.92 Å². The molecule has 1 aliphatic heterocycles. The molecule has 11 heavy (non-hydrogen) atoms. The Morgan fingerprint density at radius 2 is 2.45 bits per heavy atom. The lowest BCUT2D eigenvalue weighted by molar-refractivity contribution is -0.157. The van der Waals surface area contributed by atoms with Crippen LogP contribution in [-0.4, -0.2) is 38.5 Å². The summed E-state index contributed by atoms with van der Waals surface area (Å²) >= 11 is 0. The molecule has 0 spiro atoms. The first-order chi connectivity index (χ1) is 5.24. The molecule has 0 aromatic rings. The Kier molecular flexibility index (Phi) is 2.99. The van der Waals surface area contributed by atoms with E-state index in [1.54, 1.807) is 6.92 Å². The second-order valence-electron chi connectivity index (χ2n) is 2.41. The minimum atomic E-state index is -0.426. The van der Waals surface area contributed by atoms with Crippen molar-refractivity contribution in [2.75, 3.05) is 20.3 Å². The molecule has 4 heteroatoms. The molecule has 1 aliphatic rings. The van der Waals surface area contributed by atoms with Crippen LogP contribution >= 0.6 is 0 Å². The van der Waals surface area contributed by atoms with E-state index in [0.717, 1.165) is 0 Å². The van der Waals surface area contributed by atoms with Crippen molar-refractivity contribution >= 4 is 5.78 Å². The van der Waals surface area contributed by atoms with Crippen LogP contribution < -0.4 is 0 Å². The largest absolute Gasteiger partial charge is 0.370 e. The summed E-state index contributed by atoms with van der Waals surface area (Å²) in [6.45, 7) is 2.26. The predicted octanol–water partition coefficient (Wildman–Crippen LogP) is -0.0367. The molecule has 1 saturated heterocycles. The van der Waals surface area contributed by atoms with Gasteiger partial charge in [0.05, 0.1) is 6.61 Å². The zero-order valence-electron chi connectivity index (χ0n) is 6.70. The van der Waals surface area contributed by atoms with E-state index in [2.05, 4.69) is 0 Å². The molecular formula is C7H12O4. The van der Waals surface area contributed by atoms with Crippen molar-refractivity contribution in [2.24, 2.45) is 0 Å². The van der Waals surface area contributed by atoms with Gasteiger partial charge >= 0.3 is 0 Å². The Morgan fingerprint density at radius 1 is 1.73 bits per heavy atom. The van der Waals surface area contributed by atoms with Gasteiger partial charge in [-0.1, -0.05) is 0 Å². The minimum absolute atomic E-state index is 0.00565. The first-order valence-corrected chi connectivity index (χ1v) is 3.52. The predicted molar refractivity (Wildman–Crippen MR) is 37.2 cm³/mol. The average molecular weight is 160 g/mol. The van der Waals surface area contributed by atoms with Crippen LogP contribution in [0, 0.1) is 0 Å². The summed E-state index contributed by atoms with van der Waals surface area (Å²) in [6.07, 6.45) is -0.768. The second kappa shape index (κ2) is 3.80. The molecule has 64 valence electrons. The molecule has 1 heterocycles. The van der Waals surface area contributed by atoms with Crippen LogP contribution in [0.3, 0.4) is 0 Å². The quantitative estimate of drug-likeness (QED) is 0.543. The molecule has 2 unspecified atom stereocenters. The molecule has 1 fully saturated rings. The van der Waals surface area contributed by atoms with E-state index in [9.17, 15) is 4.79 Å². The van der Waals surface area contributed by atoms with Crippen molar-refractivity contribution in [3.05, 3.63) is 0 Å². The van der Waals surface area contributed by atoms with Gasteiger partial charge < -0.3 is 14.2 Å². The van der Waals surface area contributed by atoms with Gasteiger partial charge in [-0.2, -0.15) is 0 Å². The van der Waals surface area contributed by atoms with Gasteiger partial charge in [0.15, 0.2) is 12.1 Å². The first-order valence-electron chi connectivity index (χ1n) is 3.52. The Morgan fingerprint density at radius 3 is 2.91 bits per heavy atom. The van der Waals surface area contributed by atoms with Crippen LogP contribution in [0.2, 0.25) is 0 Å². The highest BCUT2D eigenvalue weighted by Crippen LogP contribution is 2.07. The lowest BCUT2D eigenvalue weighted by Gasteiger charge is -2.14. The van der Waals surface area contributed by atoms with Gasteiger partial charge in [-0.3, -0.25) is 4.79 Å². The molecule has 0 bridgehead atoms. The van der Waals surface area contributed by atoms with Crippen LogP contribution in [0.1, 0.15) is 6.92 Å². The van der Waals surface area contributed by atoms with E-state index in [0.29, 0.717) is 6.61 Å². The summed E-state index contributed by atoms with van der Waals surface area (Å²) in [5.74, 6) is -0.00565. The van der Waals surface area contributed by atoms with Crippen molar-refractivity contribution < 1.29 is 19.0 Å². The number of methoxy groups -OCH3 is 1. The molecule has 0 N–H and O–H groups in total. The van der Waals surface area contributed by atoms with Gasteiger partial charge in [0, 0.05) is 7.11 Å². The van der Waals surface area contributed by atoms with Gasteiger partial charge in [-0.25, -0.2) is 0 Å². The molecule has 4 nitrogen and oxygen atoms in total. The zero-order valence-corrected chi connectivity index (χ0v) is 6.70. The van der Waals surface area contributed by atoms with Crippen molar-refractivity contribution in [1.29, 1.82) is 0 Å². The maximum Gasteiger partial charge on any atom is 0.189 e. The van der Waals surface area contributed by atoms with Crippen LogP contribution in [0.15, 0.2) is 0 Å². The standard InChI is InChI=1S/C7H12O4/c1-5(9-2)11-7-4-10-3-6(7)8/h5,7H,3-4H2,1-2H3. The van der Waals surface area contributed by atoms with E-state index in [-0.39, 0.29) is 18.7 Å². The summed E-state index contributed by atoms with van der Waals surface area (Å²) in [5, 5.41) is 0. The number of ether oxygens (including phenoxy) is 3. The van der Waals surface area contributed by atoms with Crippen molar-refractivity contribution in [3.63, 3.8) is 0 Å². The number of rotatable bonds is 3. The second-order valence-corrected chi connectivity index (χ2v) is 2.41. The van der Waals surface area contributed by atoms with Crippen molar-refractivity contribution in [2.45, 2.75) is 19.3 Å². The topological polar surface area (TPSA) is 44.8 Å². The molecule has 0 aromatic carbocycles. The summed E-state index contributed by atoms with van der Waals surface area (Å²) in [6, 6.07) is 0. The fourth-order valence-electron chi connectivity index (χ4n) is 0.855. The van der Waals surface area contributed by atoms with E-state index >= 15 is 0 Å². The molecule has 0 amide bonds. The van der Waals surface area contributed by atoms with Gasteiger partial charge in [0.25, 0.3) is 0 Å². The highest BCUT2D eigenvalue weighted by molar-refractivity contribution is 5.85. The molecule has 2 atom stereocenters.